The lowest BCUT2D eigenvalue weighted by Gasteiger charge is -2.31. The van der Waals surface area contributed by atoms with Gasteiger partial charge in [0.25, 0.3) is 0 Å². The van der Waals surface area contributed by atoms with E-state index in [0.717, 1.165) is 24.0 Å². The number of carbonyl (C=O) groups is 2. The third-order valence-electron chi connectivity index (χ3n) is 6.17. The lowest BCUT2D eigenvalue weighted by Crippen LogP contribution is -2.50. The number of unbranched alkanes of at least 4 members (excludes halogenated alkanes) is 1. The Bertz CT molecular complexity index is 1060. The fourth-order valence-corrected chi connectivity index (χ4v) is 5.08. The standard InChI is InChI=1S/C28H41N3O4S/c1-5-7-20-29-28(33)26(6-2)30(22-19-24-12-9-8-10-13-24)27(32)14-11-21-31(36(4,34)35)25-17-15-23(3)16-18-25/h8-10,12-13,15-18,26H,5-7,11,14,19-22H2,1-4H3,(H,29,33)/t26-/m1/s1. The minimum atomic E-state index is -3.50. The molecule has 1 N–H and O–H groups in total. The van der Waals surface area contributed by atoms with Crippen LogP contribution in [0.4, 0.5) is 5.69 Å². The number of hydrogen-bond acceptors (Lipinski definition) is 4. The second kappa shape index (κ2) is 14.6. The second-order valence-corrected chi connectivity index (χ2v) is 11.1. The summed E-state index contributed by atoms with van der Waals surface area (Å²) in [6.45, 7) is 7.13. The van der Waals surface area contributed by atoms with E-state index in [1.807, 2.05) is 56.3 Å². The topological polar surface area (TPSA) is 86.8 Å². The van der Waals surface area contributed by atoms with E-state index in [2.05, 4.69) is 12.2 Å². The normalized spacial score (nSPS) is 12.1. The van der Waals surface area contributed by atoms with Gasteiger partial charge in [-0.25, -0.2) is 8.42 Å². The van der Waals surface area contributed by atoms with Crippen LogP contribution in [0, 0.1) is 6.92 Å². The molecule has 0 aromatic heterocycles. The van der Waals surface area contributed by atoms with Crippen LogP contribution in [0.25, 0.3) is 0 Å². The molecule has 0 aliphatic rings. The highest BCUT2D eigenvalue weighted by Crippen LogP contribution is 2.19. The highest BCUT2D eigenvalue weighted by Gasteiger charge is 2.28. The number of rotatable bonds is 15. The van der Waals surface area contributed by atoms with Crippen molar-refractivity contribution in [2.45, 2.75) is 65.3 Å². The highest BCUT2D eigenvalue weighted by molar-refractivity contribution is 7.92. The first-order chi connectivity index (χ1) is 17.2. The molecule has 0 radical (unpaired) electrons. The van der Waals surface area contributed by atoms with E-state index in [4.69, 9.17) is 0 Å². The molecular formula is C28H41N3O4S. The van der Waals surface area contributed by atoms with Gasteiger partial charge >= 0.3 is 0 Å². The van der Waals surface area contributed by atoms with Crippen molar-refractivity contribution in [3.05, 3.63) is 65.7 Å². The van der Waals surface area contributed by atoms with Gasteiger partial charge in [0, 0.05) is 26.1 Å². The van der Waals surface area contributed by atoms with Crippen LogP contribution in [0.15, 0.2) is 54.6 Å². The third kappa shape index (κ3) is 9.30. The molecule has 2 amide bonds. The molecule has 0 aliphatic heterocycles. The van der Waals surface area contributed by atoms with Crippen LogP contribution in [-0.4, -0.2) is 57.1 Å². The first-order valence-corrected chi connectivity index (χ1v) is 14.7. The van der Waals surface area contributed by atoms with Gasteiger partial charge in [-0.1, -0.05) is 68.3 Å². The molecule has 0 spiro atoms. The average molecular weight is 516 g/mol. The molecule has 0 saturated carbocycles. The minimum Gasteiger partial charge on any atom is -0.354 e. The zero-order valence-electron chi connectivity index (χ0n) is 22.1. The molecule has 0 fully saturated rings. The molecule has 198 valence electrons. The monoisotopic (exact) mass is 515 g/mol. The lowest BCUT2D eigenvalue weighted by molar-refractivity contribution is -0.140. The summed E-state index contributed by atoms with van der Waals surface area (Å²) in [6, 6.07) is 16.6. The molecule has 0 saturated heterocycles. The molecule has 0 bridgehead atoms. The Balaban J connectivity index is 2.12. The smallest absolute Gasteiger partial charge is 0.242 e. The Labute approximate surface area is 216 Å². The number of anilines is 1. The molecule has 36 heavy (non-hydrogen) atoms. The summed E-state index contributed by atoms with van der Waals surface area (Å²) in [5.41, 5.74) is 2.72. The van der Waals surface area contributed by atoms with Crippen LogP contribution in [0.3, 0.4) is 0 Å². The molecule has 1 atom stereocenters. The van der Waals surface area contributed by atoms with Crippen molar-refractivity contribution in [2.75, 3.05) is 30.2 Å². The van der Waals surface area contributed by atoms with Crippen molar-refractivity contribution in [3.8, 4) is 0 Å². The summed E-state index contributed by atoms with van der Waals surface area (Å²) in [5, 5.41) is 2.97. The van der Waals surface area contributed by atoms with E-state index in [0.29, 0.717) is 38.0 Å². The first-order valence-electron chi connectivity index (χ1n) is 12.8. The zero-order valence-corrected chi connectivity index (χ0v) is 22.9. The van der Waals surface area contributed by atoms with Gasteiger partial charge in [-0.15, -0.1) is 0 Å². The number of carbonyl (C=O) groups excluding carboxylic acids is 2. The third-order valence-corrected chi connectivity index (χ3v) is 7.37. The summed E-state index contributed by atoms with van der Waals surface area (Å²) in [6.07, 6.45) is 4.71. The Hall–Kier alpha value is -2.87. The van der Waals surface area contributed by atoms with Gasteiger partial charge < -0.3 is 10.2 Å². The molecule has 0 heterocycles. The van der Waals surface area contributed by atoms with Crippen LogP contribution in [0.1, 0.15) is 57.1 Å². The Morgan fingerprint density at radius 1 is 0.944 bits per heavy atom. The summed E-state index contributed by atoms with van der Waals surface area (Å²) in [4.78, 5) is 28.0. The number of sulfonamides is 1. The van der Waals surface area contributed by atoms with Crippen molar-refractivity contribution in [2.24, 2.45) is 0 Å². The van der Waals surface area contributed by atoms with E-state index in [-0.39, 0.29) is 24.8 Å². The predicted molar refractivity (Wildman–Crippen MR) is 146 cm³/mol. The quantitative estimate of drug-likeness (QED) is 0.358. The maximum atomic E-state index is 13.4. The molecule has 8 heteroatoms. The molecule has 2 rings (SSSR count). The number of hydrogen-bond donors (Lipinski definition) is 1. The molecule has 7 nitrogen and oxygen atoms in total. The van der Waals surface area contributed by atoms with Gasteiger partial charge in [-0.05, 0) is 50.3 Å². The van der Waals surface area contributed by atoms with Crippen molar-refractivity contribution in [1.82, 2.24) is 10.2 Å². The van der Waals surface area contributed by atoms with Crippen LogP contribution >= 0.6 is 0 Å². The van der Waals surface area contributed by atoms with E-state index in [1.165, 1.54) is 10.6 Å². The fourth-order valence-electron chi connectivity index (χ4n) is 4.12. The second-order valence-electron chi connectivity index (χ2n) is 9.17. The highest BCUT2D eigenvalue weighted by atomic mass is 32.2. The Morgan fingerprint density at radius 3 is 2.19 bits per heavy atom. The number of amides is 2. The summed E-state index contributed by atoms with van der Waals surface area (Å²) in [7, 11) is -3.50. The zero-order chi connectivity index (χ0) is 26.6. The SMILES string of the molecule is CCCCNC(=O)[C@@H](CC)N(CCc1ccccc1)C(=O)CCCN(c1ccc(C)cc1)S(C)(=O)=O. The van der Waals surface area contributed by atoms with Gasteiger partial charge in [-0.2, -0.15) is 0 Å². The van der Waals surface area contributed by atoms with E-state index in [9.17, 15) is 18.0 Å². The Morgan fingerprint density at radius 2 is 1.61 bits per heavy atom. The van der Waals surface area contributed by atoms with Crippen LogP contribution < -0.4 is 9.62 Å². The van der Waals surface area contributed by atoms with Crippen LogP contribution in [0.5, 0.6) is 0 Å². The first kappa shape index (κ1) is 29.4. The molecule has 0 unspecified atom stereocenters. The maximum Gasteiger partial charge on any atom is 0.242 e. The summed E-state index contributed by atoms with van der Waals surface area (Å²) >= 11 is 0. The van der Waals surface area contributed by atoms with Gasteiger partial charge in [0.05, 0.1) is 11.9 Å². The van der Waals surface area contributed by atoms with Gasteiger partial charge in [0.2, 0.25) is 21.8 Å². The van der Waals surface area contributed by atoms with E-state index in [1.54, 1.807) is 17.0 Å². The number of aryl methyl sites for hydroxylation is 1. The van der Waals surface area contributed by atoms with Crippen LogP contribution in [0.2, 0.25) is 0 Å². The number of nitrogens with one attached hydrogen (secondary N) is 1. The van der Waals surface area contributed by atoms with Crippen LogP contribution in [-0.2, 0) is 26.0 Å². The molecule has 0 aliphatic carbocycles. The fraction of sp³-hybridized carbons (Fsp3) is 0.500. The van der Waals surface area contributed by atoms with Crippen molar-refractivity contribution in [3.63, 3.8) is 0 Å². The molecule has 2 aromatic carbocycles. The Kier molecular flexibility index (Phi) is 11.9. The number of nitrogens with zero attached hydrogens (tertiary/aromatic N) is 2. The minimum absolute atomic E-state index is 0.134. The molecular weight excluding hydrogens is 474 g/mol. The van der Waals surface area contributed by atoms with Crippen molar-refractivity contribution in [1.29, 1.82) is 0 Å². The van der Waals surface area contributed by atoms with Crippen molar-refractivity contribution < 1.29 is 18.0 Å². The summed E-state index contributed by atoms with van der Waals surface area (Å²) in [5.74, 6) is -0.273. The lowest BCUT2D eigenvalue weighted by atomic mass is 10.1. The predicted octanol–water partition coefficient (Wildman–Crippen LogP) is 4.31. The number of benzene rings is 2. The van der Waals surface area contributed by atoms with Crippen molar-refractivity contribution >= 4 is 27.5 Å². The maximum absolute atomic E-state index is 13.4. The van der Waals surface area contributed by atoms with Gasteiger partial charge in [0.1, 0.15) is 6.04 Å². The average Bonchev–Trinajstić information content (AvgIpc) is 2.85. The van der Waals surface area contributed by atoms with Gasteiger partial charge in [-0.3, -0.25) is 13.9 Å². The van der Waals surface area contributed by atoms with E-state index < -0.39 is 16.1 Å². The molecule has 2 aromatic rings. The van der Waals surface area contributed by atoms with Gasteiger partial charge in [0.15, 0.2) is 0 Å². The largest absolute Gasteiger partial charge is 0.354 e. The van der Waals surface area contributed by atoms with E-state index >= 15 is 0 Å². The summed E-state index contributed by atoms with van der Waals surface area (Å²) < 4.78 is 26.2.